The van der Waals surface area contributed by atoms with E-state index in [9.17, 15) is 9.90 Å². The van der Waals surface area contributed by atoms with Crippen molar-refractivity contribution >= 4 is 22.4 Å². The number of nitrogens with zero attached hydrogens (tertiary/aromatic N) is 2. The molecule has 0 atom stereocenters. The lowest BCUT2D eigenvalue weighted by molar-refractivity contribution is -0.255. The molecule has 0 unspecified atom stereocenters. The Bertz CT molecular complexity index is 1000. The number of thiazole rings is 1. The van der Waals surface area contributed by atoms with Crippen LogP contribution in [-0.2, 0) is 6.54 Å². The van der Waals surface area contributed by atoms with Gasteiger partial charge in [-0.05, 0) is 41.5 Å². The maximum absolute atomic E-state index is 11.3. The minimum atomic E-state index is -1.13. The normalized spacial score (nSPS) is 14.4. The Morgan fingerprint density at radius 2 is 1.90 bits per heavy atom. The average molecular weight is 420 g/mol. The number of aromatic nitrogens is 1. The standard InChI is InChI=1S/C25H28N2O2S/c1-17(2)19-10-12-20(13-11-19)23-16-30-25(26-23)27(22-8-3-4-9-22)15-18-6-5-7-21(14-18)24(28)29/h5-7,10-14,16-17,22H,3-4,8-9,15H2,1-2H3,(H,28,29)/p-1. The number of carbonyl (C=O) groups is 1. The van der Waals surface area contributed by atoms with E-state index in [1.165, 1.54) is 18.4 Å². The summed E-state index contributed by atoms with van der Waals surface area (Å²) in [5.41, 5.74) is 4.66. The zero-order valence-electron chi connectivity index (χ0n) is 17.5. The predicted molar refractivity (Wildman–Crippen MR) is 121 cm³/mol. The number of rotatable bonds is 7. The first-order valence-corrected chi connectivity index (χ1v) is 11.5. The molecule has 1 aliphatic rings. The Balaban J connectivity index is 1.60. The molecule has 1 aromatic heterocycles. The van der Waals surface area contributed by atoms with E-state index in [0.29, 0.717) is 18.5 Å². The number of carbonyl (C=O) groups excluding carboxylic acids is 1. The first kappa shape index (κ1) is 20.6. The van der Waals surface area contributed by atoms with Crippen LogP contribution in [0.15, 0.2) is 53.9 Å². The summed E-state index contributed by atoms with van der Waals surface area (Å²) in [6.45, 7) is 5.06. The molecule has 4 rings (SSSR count). The van der Waals surface area contributed by atoms with Gasteiger partial charge in [0, 0.05) is 23.5 Å². The van der Waals surface area contributed by atoms with E-state index in [1.807, 2.05) is 6.07 Å². The molecule has 1 aliphatic carbocycles. The van der Waals surface area contributed by atoms with E-state index in [-0.39, 0.29) is 5.56 Å². The Hall–Kier alpha value is -2.66. The number of hydrogen-bond donors (Lipinski definition) is 0. The van der Waals surface area contributed by atoms with Crippen LogP contribution in [-0.4, -0.2) is 17.0 Å². The topological polar surface area (TPSA) is 56.3 Å². The van der Waals surface area contributed by atoms with Crippen LogP contribution in [0.3, 0.4) is 0 Å². The lowest BCUT2D eigenvalue weighted by Gasteiger charge is -2.29. The first-order chi connectivity index (χ1) is 14.5. The fourth-order valence-corrected chi connectivity index (χ4v) is 5.04. The second-order valence-electron chi connectivity index (χ2n) is 8.35. The summed E-state index contributed by atoms with van der Waals surface area (Å²) in [5.74, 6) is -0.620. The van der Waals surface area contributed by atoms with Crippen molar-refractivity contribution in [3.63, 3.8) is 0 Å². The van der Waals surface area contributed by atoms with Crippen molar-refractivity contribution in [2.75, 3.05) is 4.90 Å². The van der Waals surface area contributed by atoms with Gasteiger partial charge >= 0.3 is 0 Å². The summed E-state index contributed by atoms with van der Waals surface area (Å²) >= 11 is 1.67. The fourth-order valence-electron chi connectivity index (χ4n) is 4.13. The Kier molecular flexibility index (Phi) is 6.18. The fraction of sp³-hybridized carbons (Fsp3) is 0.360. The van der Waals surface area contributed by atoms with Gasteiger partial charge in [-0.2, -0.15) is 0 Å². The maximum atomic E-state index is 11.3. The van der Waals surface area contributed by atoms with Crippen LogP contribution in [0.4, 0.5) is 5.13 Å². The summed E-state index contributed by atoms with van der Waals surface area (Å²) in [5, 5.41) is 14.4. The summed E-state index contributed by atoms with van der Waals surface area (Å²) < 4.78 is 0. The van der Waals surface area contributed by atoms with Gasteiger partial charge in [-0.15, -0.1) is 11.3 Å². The molecule has 1 fully saturated rings. The van der Waals surface area contributed by atoms with Crippen LogP contribution in [0.5, 0.6) is 0 Å². The summed E-state index contributed by atoms with van der Waals surface area (Å²) in [7, 11) is 0. The molecule has 0 spiro atoms. The SMILES string of the molecule is CC(C)c1ccc(-c2csc(N(Cc3cccc(C(=O)[O-])c3)C3CCCC3)n2)cc1. The molecule has 0 saturated heterocycles. The van der Waals surface area contributed by atoms with E-state index < -0.39 is 5.97 Å². The first-order valence-electron chi connectivity index (χ1n) is 10.6. The number of carboxylic acids is 1. The number of carboxylic acid groups (broad SMARTS) is 1. The molecule has 2 aromatic carbocycles. The van der Waals surface area contributed by atoms with Crippen molar-refractivity contribution in [2.45, 2.75) is 58.0 Å². The molecule has 5 heteroatoms. The van der Waals surface area contributed by atoms with Crippen molar-refractivity contribution in [2.24, 2.45) is 0 Å². The van der Waals surface area contributed by atoms with E-state index in [0.717, 1.165) is 34.8 Å². The zero-order chi connectivity index (χ0) is 21.1. The van der Waals surface area contributed by atoms with Crippen LogP contribution in [0, 0.1) is 0 Å². The van der Waals surface area contributed by atoms with Gasteiger partial charge in [-0.3, -0.25) is 0 Å². The molecule has 3 aromatic rings. The molecule has 0 N–H and O–H groups in total. The predicted octanol–water partition coefficient (Wildman–Crippen LogP) is 5.25. The highest BCUT2D eigenvalue weighted by molar-refractivity contribution is 7.14. The third-order valence-electron chi connectivity index (χ3n) is 5.89. The van der Waals surface area contributed by atoms with Crippen LogP contribution in [0.1, 0.15) is 66.9 Å². The van der Waals surface area contributed by atoms with Gasteiger partial charge in [0.25, 0.3) is 0 Å². The Morgan fingerprint density at radius 3 is 2.57 bits per heavy atom. The molecule has 0 aliphatic heterocycles. The van der Waals surface area contributed by atoms with Crippen LogP contribution >= 0.6 is 11.3 Å². The molecule has 0 bridgehead atoms. The smallest absolute Gasteiger partial charge is 0.186 e. The molecule has 4 nitrogen and oxygen atoms in total. The zero-order valence-corrected chi connectivity index (χ0v) is 18.3. The molecule has 30 heavy (non-hydrogen) atoms. The highest BCUT2D eigenvalue weighted by atomic mass is 32.1. The molecule has 0 amide bonds. The van der Waals surface area contributed by atoms with Gasteiger partial charge in [0.1, 0.15) is 0 Å². The third-order valence-corrected chi connectivity index (χ3v) is 6.77. The van der Waals surface area contributed by atoms with Crippen LogP contribution in [0.2, 0.25) is 0 Å². The quantitative estimate of drug-likeness (QED) is 0.525. The van der Waals surface area contributed by atoms with Crippen molar-refractivity contribution in [1.29, 1.82) is 0 Å². The summed E-state index contributed by atoms with van der Waals surface area (Å²) in [6, 6.07) is 16.2. The summed E-state index contributed by atoms with van der Waals surface area (Å²) in [4.78, 5) is 18.6. The van der Waals surface area contributed by atoms with Crippen LogP contribution < -0.4 is 10.0 Å². The van der Waals surface area contributed by atoms with Crippen molar-refractivity contribution in [1.82, 2.24) is 4.98 Å². The molecule has 0 radical (unpaired) electrons. The number of hydrogen-bond acceptors (Lipinski definition) is 5. The largest absolute Gasteiger partial charge is 0.545 e. The minimum absolute atomic E-state index is 0.226. The average Bonchev–Trinajstić information content (AvgIpc) is 3.45. The van der Waals surface area contributed by atoms with Gasteiger partial charge in [0.05, 0.1) is 11.7 Å². The number of benzene rings is 2. The number of aromatic carboxylic acids is 1. The van der Waals surface area contributed by atoms with Crippen molar-refractivity contribution in [3.8, 4) is 11.3 Å². The van der Waals surface area contributed by atoms with E-state index in [2.05, 4.69) is 48.4 Å². The molecule has 1 heterocycles. The third kappa shape index (κ3) is 4.57. The van der Waals surface area contributed by atoms with Gasteiger partial charge in [0.2, 0.25) is 0 Å². The second kappa shape index (κ2) is 9.00. The van der Waals surface area contributed by atoms with Gasteiger partial charge < -0.3 is 14.8 Å². The van der Waals surface area contributed by atoms with E-state index in [1.54, 1.807) is 29.5 Å². The van der Waals surface area contributed by atoms with E-state index in [4.69, 9.17) is 4.98 Å². The van der Waals surface area contributed by atoms with Gasteiger partial charge in [-0.25, -0.2) is 4.98 Å². The minimum Gasteiger partial charge on any atom is -0.545 e. The highest BCUT2D eigenvalue weighted by Crippen LogP contribution is 2.34. The lowest BCUT2D eigenvalue weighted by atomic mass is 10.0. The second-order valence-corrected chi connectivity index (χ2v) is 9.18. The van der Waals surface area contributed by atoms with Gasteiger partial charge in [-0.1, -0.05) is 69.2 Å². The highest BCUT2D eigenvalue weighted by Gasteiger charge is 2.25. The lowest BCUT2D eigenvalue weighted by Crippen LogP contribution is -2.32. The van der Waals surface area contributed by atoms with Crippen molar-refractivity contribution in [3.05, 3.63) is 70.6 Å². The monoisotopic (exact) mass is 419 g/mol. The van der Waals surface area contributed by atoms with Gasteiger partial charge in [0.15, 0.2) is 5.13 Å². The maximum Gasteiger partial charge on any atom is 0.186 e. The molecular formula is C25H27N2O2S-. The van der Waals surface area contributed by atoms with E-state index >= 15 is 0 Å². The Labute approximate surface area is 182 Å². The molecular weight excluding hydrogens is 392 g/mol. The van der Waals surface area contributed by atoms with Crippen molar-refractivity contribution < 1.29 is 9.90 Å². The number of anilines is 1. The van der Waals surface area contributed by atoms with Crippen LogP contribution in [0.25, 0.3) is 11.3 Å². The Morgan fingerprint density at radius 1 is 1.17 bits per heavy atom. The molecule has 1 saturated carbocycles. The summed E-state index contributed by atoms with van der Waals surface area (Å²) in [6.07, 6.45) is 4.76. The molecule has 156 valence electrons.